The van der Waals surface area contributed by atoms with Gasteiger partial charge in [0, 0.05) is 12.6 Å². The number of furan rings is 1. The molecule has 0 radical (unpaired) electrons. The minimum absolute atomic E-state index is 0.0326. The molecule has 1 amide bonds. The van der Waals surface area contributed by atoms with Crippen molar-refractivity contribution >= 4 is 5.91 Å². The number of nitrogens with zero attached hydrogens (tertiary/aromatic N) is 1. The number of hydrogen-bond acceptors (Lipinski definition) is 3. The zero-order chi connectivity index (χ0) is 16.8. The molecule has 23 heavy (non-hydrogen) atoms. The summed E-state index contributed by atoms with van der Waals surface area (Å²) in [6, 6.07) is 12.3. The van der Waals surface area contributed by atoms with Gasteiger partial charge in [-0.15, -0.1) is 0 Å². The fraction of sp³-hybridized carbons (Fsp3) is 0.421. The molecule has 1 heterocycles. The third-order valence-corrected chi connectivity index (χ3v) is 3.97. The Balaban J connectivity index is 1.89. The SMILES string of the molecule is Cc1ccc(CN(CC(=O)NCc2ccccc2C)C(C)C)o1. The maximum atomic E-state index is 12.3. The molecule has 0 fully saturated rings. The van der Waals surface area contributed by atoms with Crippen molar-refractivity contribution in [3.8, 4) is 0 Å². The molecule has 2 aromatic rings. The molecule has 0 atom stereocenters. The van der Waals surface area contributed by atoms with Crippen LogP contribution >= 0.6 is 0 Å². The number of carbonyl (C=O) groups excluding carboxylic acids is 1. The molecule has 124 valence electrons. The Kier molecular flexibility index (Phi) is 5.99. The molecule has 0 aliphatic heterocycles. The van der Waals surface area contributed by atoms with Crippen molar-refractivity contribution < 1.29 is 9.21 Å². The predicted octanol–water partition coefficient (Wildman–Crippen LogP) is 3.42. The Labute approximate surface area is 138 Å². The summed E-state index contributed by atoms with van der Waals surface area (Å²) < 4.78 is 5.62. The van der Waals surface area contributed by atoms with Gasteiger partial charge in [-0.2, -0.15) is 0 Å². The molecule has 2 rings (SSSR count). The van der Waals surface area contributed by atoms with Crippen LogP contribution < -0.4 is 5.32 Å². The van der Waals surface area contributed by atoms with Gasteiger partial charge in [0.15, 0.2) is 0 Å². The van der Waals surface area contributed by atoms with E-state index in [1.54, 1.807) is 0 Å². The zero-order valence-electron chi connectivity index (χ0n) is 14.4. The molecule has 0 aliphatic rings. The number of rotatable bonds is 7. The maximum absolute atomic E-state index is 12.3. The second kappa shape index (κ2) is 7.97. The van der Waals surface area contributed by atoms with E-state index in [2.05, 4.69) is 37.1 Å². The van der Waals surface area contributed by atoms with Gasteiger partial charge in [-0.25, -0.2) is 0 Å². The van der Waals surface area contributed by atoms with Crippen molar-refractivity contribution in [1.29, 1.82) is 0 Å². The molecule has 1 N–H and O–H groups in total. The van der Waals surface area contributed by atoms with Crippen LogP contribution in [0.3, 0.4) is 0 Å². The van der Waals surface area contributed by atoms with Crippen LogP contribution in [0.2, 0.25) is 0 Å². The molecule has 1 aromatic carbocycles. The normalized spacial score (nSPS) is 11.2. The first-order valence-electron chi connectivity index (χ1n) is 8.06. The highest BCUT2D eigenvalue weighted by molar-refractivity contribution is 5.78. The van der Waals surface area contributed by atoms with E-state index >= 15 is 0 Å². The second-order valence-corrected chi connectivity index (χ2v) is 6.21. The maximum Gasteiger partial charge on any atom is 0.234 e. The fourth-order valence-electron chi connectivity index (χ4n) is 2.43. The third kappa shape index (κ3) is 5.25. The predicted molar refractivity (Wildman–Crippen MR) is 92.0 cm³/mol. The molecule has 1 aromatic heterocycles. The van der Waals surface area contributed by atoms with E-state index in [4.69, 9.17) is 4.42 Å². The van der Waals surface area contributed by atoms with Crippen molar-refractivity contribution in [1.82, 2.24) is 10.2 Å². The van der Waals surface area contributed by atoms with Crippen LogP contribution in [0.15, 0.2) is 40.8 Å². The first kappa shape index (κ1) is 17.3. The average Bonchev–Trinajstić information content (AvgIpc) is 2.91. The monoisotopic (exact) mass is 314 g/mol. The van der Waals surface area contributed by atoms with E-state index in [0.717, 1.165) is 17.1 Å². The Morgan fingerprint density at radius 1 is 1.17 bits per heavy atom. The highest BCUT2D eigenvalue weighted by atomic mass is 16.3. The minimum atomic E-state index is 0.0326. The van der Waals surface area contributed by atoms with Crippen LogP contribution in [-0.4, -0.2) is 23.4 Å². The minimum Gasteiger partial charge on any atom is -0.465 e. The first-order valence-corrected chi connectivity index (χ1v) is 8.06. The Bertz CT molecular complexity index is 646. The summed E-state index contributed by atoms with van der Waals surface area (Å²) in [5.41, 5.74) is 2.35. The van der Waals surface area contributed by atoms with Crippen molar-refractivity contribution in [3.05, 3.63) is 59.0 Å². The Morgan fingerprint density at radius 3 is 2.52 bits per heavy atom. The van der Waals surface area contributed by atoms with Crippen LogP contribution in [0.25, 0.3) is 0 Å². The summed E-state index contributed by atoms with van der Waals surface area (Å²) >= 11 is 0. The van der Waals surface area contributed by atoms with E-state index in [1.807, 2.05) is 37.3 Å². The van der Waals surface area contributed by atoms with E-state index in [-0.39, 0.29) is 11.9 Å². The lowest BCUT2D eigenvalue weighted by Crippen LogP contribution is -2.40. The fourth-order valence-corrected chi connectivity index (χ4v) is 2.43. The van der Waals surface area contributed by atoms with Crippen LogP contribution in [-0.2, 0) is 17.9 Å². The number of amides is 1. The Hall–Kier alpha value is -2.07. The van der Waals surface area contributed by atoms with Crippen LogP contribution in [0, 0.1) is 13.8 Å². The summed E-state index contributed by atoms with van der Waals surface area (Å²) in [4.78, 5) is 14.4. The molecule has 4 nitrogen and oxygen atoms in total. The standard InChI is InChI=1S/C19H26N2O2/c1-14(2)21(12-18-10-9-16(4)23-18)13-19(22)20-11-17-8-6-5-7-15(17)3/h5-10,14H,11-13H2,1-4H3,(H,20,22). The number of carbonyl (C=O) groups is 1. The van der Waals surface area contributed by atoms with Gasteiger partial charge in [-0.3, -0.25) is 9.69 Å². The van der Waals surface area contributed by atoms with E-state index in [1.165, 1.54) is 5.56 Å². The Morgan fingerprint density at radius 2 is 1.91 bits per heavy atom. The van der Waals surface area contributed by atoms with Gasteiger partial charge in [0.05, 0.1) is 13.1 Å². The third-order valence-electron chi connectivity index (χ3n) is 3.97. The number of hydrogen-bond donors (Lipinski definition) is 1. The van der Waals surface area contributed by atoms with Gasteiger partial charge in [0.1, 0.15) is 11.5 Å². The van der Waals surface area contributed by atoms with Gasteiger partial charge in [-0.1, -0.05) is 24.3 Å². The molecule has 0 spiro atoms. The number of nitrogens with one attached hydrogen (secondary N) is 1. The van der Waals surface area contributed by atoms with Gasteiger partial charge < -0.3 is 9.73 Å². The quantitative estimate of drug-likeness (QED) is 0.851. The summed E-state index contributed by atoms with van der Waals surface area (Å²) in [7, 11) is 0. The summed E-state index contributed by atoms with van der Waals surface area (Å²) in [5.74, 6) is 1.82. The smallest absolute Gasteiger partial charge is 0.234 e. The van der Waals surface area contributed by atoms with Crippen molar-refractivity contribution in [2.45, 2.75) is 46.8 Å². The topological polar surface area (TPSA) is 45.5 Å². The van der Waals surface area contributed by atoms with E-state index in [0.29, 0.717) is 19.6 Å². The van der Waals surface area contributed by atoms with Crippen LogP contribution in [0.5, 0.6) is 0 Å². The lowest BCUT2D eigenvalue weighted by atomic mass is 10.1. The van der Waals surface area contributed by atoms with E-state index in [9.17, 15) is 4.79 Å². The van der Waals surface area contributed by atoms with Crippen molar-refractivity contribution in [2.75, 3.05) is 6.54 Å². The molecule has 0 saturated carbocycles. The molecule has 0 bridgehead atoms. The second-order valence-electron chi connectivity index (χ2n) is 6.21. The first-order chi connectivity index (χ1) is 11.0. The lowest BCUT2D eigenvalue weighted by Gasteiger charge is -2.24. The summed E-state index contributed by atoms with van der Waals surface area (Å²) in [5, 5.41) is 3.00. The van der Waals surface area contributed by atoms with Gasteiger partial charge in [0.2, 0.25) is 5.91 Å². The summed E-state index contributed by atoms with van der Waals surface area (Å²) in [6.07, 6.45) is 0. The summed E-state index contributed by atoms with van der Waals surface area (Å²) in [6.45, 7) is 9.73. The van der Waals surface area contributed by atoms with E-state index < -0.39 is 0 Å². The van der Waals surface area contributed by atoms with Crippen LogP contribution in [0.1, 0.15) is 36.5 Å². The molecule has 0 aliphatic carbocycles. The zero-order valence-corrected chi connectivity index (χ0v) is 14.4. The molecule has 4 heteroatoms. The van der Waals surface area contributed by atoms with Gasteiger partial charge in [-0.05, 0) is 51.0 Å². The number of benzene rings is 1. The largest absolute Gasteiger partial charge is 0.465 e. The molecule has 0 saturated heterocycles. The molecular weight excluding hydrogens is 288 g/mol. The average molecular weight is 314 g/mol. The lowest BCUT2D eigenvalue weighted by molar-refractivity contribution is -0.123. The highest BCUT2D eigenvalue weighted by Crippen LogP contribution is 2.12. The number of aryl methyl sites for hydroxylation is 2. The van der Waals surface area contributed by atoms with Gasteiger partial charge >= 0.3 is 0 Å². The van der Waals surface area contributed by atoms with Crippen molar-refractivity contribution in [2.24, 2.45) is 0 Å². The van der Waals surface area contributed by atoms with Crippen molar-refractivity contribution in [3.63, 3.8) is 0 Å². The van der Waals surface area contributed by atoms with Crippen LogP contribution in [0.4, 0.5) is 0 Å². The molecular formula is C19H26N2O2. The molecule has 0 unspecified atom stereocenters. The van der Waals surface area contributed by atoms with Gasteiger partial charge in [0.25, 0.3) is 0 Å². The highest BCUT2D eigenvalue weighted by Gasteiger charge is 2.16.